The van der Waals surface area contributed by atoms with E-state index in [-0.39, 0.29) is 30.1 Å². The summed E-state index contributed by atoms with van der Waals surface area (Å²) in [4.78, 5) is 31.3. The van der Waals surface area contributed by atoms with Crippen molar-refractivity contribution in [1.29, 1.82) is 0 Å². The molecule has 7 heteroatoms. The average molecular weight is 409 g/mol. The molecule has 156 valence electrons. The second-order valence-electron chi connectivity index (χ2n) is 7.79. The van der Waals surface area contributed by atoms with Gasteiger partial charge < -0.3 is 15.5 Å². The highest BCUT2D eigenvalue weighted by Crippen LogP contribution is 2.26. The molecule has 1 aromatic rings. The van der Waals surface area contributed by atoms with E-state index in [1.807, 2.05) is 34.9 Å². The number of hydrogen-bond donors (Lipinski definition) is 1. The zero-order chi connectivity index (χ0) is 19.4. The van der Waals surface area contributed by atoms with E-state index in [4.69, 9.17) is 5.73 Å². The number of halogens is 1. The van der Waals surface area contributed by atoms with Crippen LogP contribution < -0.4 is 10.6 Å². The van der Waals surface area contributed by atoms with Crippen LogP contribution in [0.25, 0.3) is 0 Å². The van der Waals surface area contributed by atoms with Crippen molar-refractivity contribution in [3.05, 3.63) is 29.8 Å². The summed E-state index contributed by atoms with van der Waals surface area (Å²) >= 11 is 0. The van der Waals surface area contributed by atoms with Crippen LogP contribution in [0.3, 0.4) is 0 Å². The number of fused-ring (bicyclic) bond motifs is 1. The number of amides is 2. The van der Waals surface area contributed by atoms with Crippen LogP contribution in [0.1, 0.15) is 32.3 Å². The fraction of sp³-hybridized carbons (Fsp3) is 0.619. The van der Waals surface area contributed by atoms with E-state index in [9.17, 15) is 9.59 Å². The number of para-hydroxylation sites is 1. The molecular weight excluding hydrogens is 376 g/mol. The zero-order valence-electron chi connectivity index (χ0n) is 17.0. The van der Waals surface area contributed by atoms with Crippen LogP contribution in [0.15, 0.2) is 24.3 Å². The van der Waals surface area contributed by atoms with Crippen molar-refractivity contribution in [2.24, 2.45) is 11.7 Å². The van der Waals surface area contributed by atoms with E-state index in [0.29, 0.717) is 19.6 Å². The normalized spacial score (nSPS) is 19.4. The summed E-state index contributed by atoms with van der Waals surface area (Å²) in [7, 11) is 0. The molecule has 0 spiro atoms. The number of hydrogen-bond acceptors (Lipinski definition) is 4. The van der Waals surface area contributed by atoms with Gasteiger partial charge in [-0.3, -0.25) is 14.5 Å². The Bertz CT molecular complexity index is 676. The lowest BCUT2D eigenvalue weighted by Crippen LogP contribution is -2.56. The second-order valence-corrected chi connectivity index (χ2v) is 7.79. The van der Waals surface area contributed by atoms with Gasteiger partial charge in [0.1, 0.15) is 0 Å². The summed E-state index contributed by atoms with van der Waals surface area (Å²) in [5.41, 5.74) is 8.41. The van der Waals surface area contributed by atoms with Gasteiger partial charge in [-0.2, -0.15) is 0 Å². The van der Waals surface area contributed by atoms with Crippen LogP contribution in [0.2, 0.25) is 0 Å². The van der Waals surface area contributed by atoms with Gasteiger partial charge in [-0.25, -0.2) is 0 Å². The predicted octanol–water partition coefficient (Wildman–Crippen LogP) is 1.91. The monoisotopic (exact) mass is 408 g/mol. The highest BCUT2D eigenvalue weighted by atomic mass is 35.5. The summed E-state index contributed by atoms with van der Waals surface area (Å²) in [5.74, 6) is 0.384. The molecule has 2 aliphatic rings. The van der Waals surface area contributed by atoms with E-state index >= 15 is 0 Å². The number of nitrogens with zero attached hydrogens (tertiary/aromatic N) is 3. The molecule has 3 rings (SSSR count). The zero-order valence-corrected chi connectivity index (χ0v) is 17.8. The van der Waals surface area contributed by atoms with Crippen molar-refractivity contribution < 1.29 is 9.59 Å². The summed E-state index contributed by atoms with van der Waals surface area (Å²) in [6.07, 6.45) is 2.95. The minimum atomic E-state index is -0.423. The largest absolute Gasteiger partial charge is 0.339 e. The molecule has 0 aliphatic carbocycles. The Morgan fingerprint density at radius 3 is 2.46 bits per heavy atom. The van der Waals surface area contributed by atoms with E-state index in [2.05, 4.69) is 17.9 Å². The first kappa shape index (κ1) is 22.7. The van der Waals surface area contributed by atoms with Crippen molar-refractivity contribution in [2.75, 3.05) is 44.2 Å². The van der Waals surface area contributed by atoms with Crippen LogP contribution >= 0.6 is 12.4 Å². The molecule has 2 unspecified atom stereocenters. The van der Waals surface area contributed by atoms with Gasteiger partial charge in [-0.15, -0.1) is 12.4 Å². The Balaban J connectivity index is 0.00000280. The lowest BCUT2D eigenvalue weighted by atomic mass is 9.98. The van der Waals surface area contributed by atoms with Gasteiger partial charge in [0.15, 0.2) is 0 Å². The summed E-state index contributed by atoms with van der Waals surface area (Å²) < 4.78 is 0. The second kappa shape index (κ2) is 10.2. The Morgan fingerprint density at radius 1 is 1.11 bits per heavy atom. The first-order chi connectivity index (χ1) is 13.0. The number of benzene rings is 1. The maximum absolute atomic E-state index is 12.9. The van der Waals surface area contributed by atoms with Gasteiger partial charge in [0.05, 0.1) is 12.6 Å². The number of anilines is 1. The number of rotatable bonds is 5. The van der Waals surface area contributed by atoms with Gasteiger partial charge in [-0.1, -0.05) is 38.5 Å². The fourth-order valence-electron chi connectivity index (χ4n) is 3.90. The van der Waals surface area contributed by atoms with Crippen LogP contribution in [0.5, 0.6) is 0 Å². The molecule has 6 nitrogen and oxygen atoms in total. The summed E-state index contributed by atoms with van der Waals surface area (Å²) in [5, 5.41) is 0. The third-order valence-corrected chi connectivity index (χ3v) is 6.00. The van der Waals surface area contributed by atoms with Crippen molar-refractivity contribution in [3.63, 3.8) is 0 Å². The molecular formula is C21H33ClN4O2. The minimum Gasteiger partial charge on any atom is -0.339 e. The smallest absolute Gasteiger partial charge is 0.241 e. The van der Waals surface area contributed by atoms with Gasteiger partial charge in [0.25, 0.3) is 0 Å². The lowest BCUT2D eigenvalue weighted by molar-refractivity contribution is -0.135. The van der Waals surface area contributed by atoms with Gasteiger partial charge in [0.2, 0.25) is 11.8 Å². The summed E-state index contributed by atoms with van der Waals surface area (Å²) in [6, 6.07) is 7.76. The molecule has 1 saturated heterocycles. The molecule has 0 radical (unpaired) electrons. The molecule has 2 amide bonds. The quantitative estimate of drug-likeness (QED) is 0.807. The molecule has 1 aromatic carbocycles. The molecule has 2 heterocycles. The van der Waals surface area contributed by atoms with Gasteiger partial charge in [-0.05, 0) is 30.4 Å². The molecule has 2 atom stereocenters. The Labute approximate surface area is 174 Å². The fourth-order valence-corrected chi connectivity index (χ4v) is 3.90. The van der Waals surface area contributed by atoms with Crippen molar-refractivity contribution in [1.82, 2.24) is 9.80 Å². The first-order valence-electron chi connectivity index (χ1n) is 10.2. The third-order valence-electron chi connectivity index (χ3n) is 6.00. The van der Waals surface area contributed by atoms with Crippen molar-refractivity contribution >= 4 is 29.9 Å². The highest BCUT2D eigenvalue weighted by Gasteiger charge is 2.29. The number of carbonyl (C=O) groups excluding carboxylic acids is 2. The molecule has 0 aromatic heterocycles. The number of carbonyl (C=O) groups is 2. The highest BCUT2D eigenvalue weighted by molar-refractivity contribution is 5.96. The predicted molar refractivity (Wildman–Crippen MR) is 115 cm³/mol. The third kappa shape index (κ3) is 5.04. The van der Waals surface area contributed by atoms with Crippen molar-refractivity contribution in [3.8, 4) is 0 Å². The maximum Gasteiger partial charge on any atom is 0.241 e. The van der Waals surface area contributed by atoms with Gasteiger partial charge in [0, 0.05) is 38.4 Å². The SMILES string of the molecule is CCC(C)C(N)C(=O)N1CCN(CC(=O)N2CCCc3ccccc32)CC1.Cl. The Hall–Kier alpha value is -1.63. The van der Waals surface area contributed by atoms with Gasteiger partial charge >= 0.3 is 0 Å². The van der Waals surface area contributed by atoms with Crippen molar-refractivity contribution in [2.45, 2.75) is 39.2 Å². The van der Waals surface area contributed by atoms with Crippen LogP contribution in [-0.2, 0) is 16.0 Å². The van der Waals surface area contributed by atoms with E-state index in [1.54, 1.807) is 0 Å². The topological polar surface area (TPSA) is 69.9 Å². The molecule has 1 fully saturated rings. The minimum absolute atomic E-state index is 0. The number of piperazine rings is 1. The lowest BCUT2D eigenvalue weighted by Gasteiger charge is -2.37. The average Bonchev–Trinajstić information content (AvgIpc) is 2.72. The Kier molecular flexibility index (Phi) is 8.28. The molecule has 0 bridgehead atoms. The van der Waals surface area contributed by atoms with Crippen LogP contribution in [0, 0.1) is 5.92 Å². The van der Waals surface area contributed by atoms with E-state index in [1.165, 1.54) is 5.56 Å². The maximum atomic E-state index is 12.9. The molecule has 2 N–H and O–H groups in total. The summed E-state index contributed by atoms with van der Waals surface area (Å²) in [6.45, 7) is 8.01. The first-order valence-corrected chi connectivity index (χ1v) is 10.2. The van der Waals surface area contributed by atoms with Crippen LogP contribution in [-0.4, -0.2) is 66.9 Å². The number of aryl methyl sites for hydroxylation is 1. The molecule has 2 aliphatic heterocycles. The standard InChI is InChI=1S/C21H32N4O2.ClH/c1-3-16(2)20(22)21(27)24-13-11-23(12-14-24)15-19(26)25-10-6-8-17-7-4-5-9-18(17)25;/h4-5,7,9,16,20H,3,6,8,10-15,22H2,1-2H3;1H. The van der Waals surface area contributed by atoms with E-state index in [0.717, 1.165) is 44.6 Å². The number of nitrogens with two attached hydrogens (primary N) is 1. The molecule has 0 saturated carbocycles. The van der Waals surface area contributed by atoms with Crippen LogP contribution in [0.4, 0.5) is 5.69 Å². The Morgan fingerprint density at radius 2 is 1.79 bits per heavy atom. The molecule has 28 heavy (non-hydrogen) atoms. The van der Waals surface area contributed by atoms with E-state index < -0.39 is 6.04 Å².